The van der Waals surface area contributed by atoms with Crippen molar-refractivity contribution in [2.24, 2.45) is 0 Å². The number of rotatable bonds is 13. The number of aryl methyl sites for hydroxylation is 2. The number of carbonyl (C=O) groups is 1. The Bertz CT molecular complexity index is 2210. The van der Waals surface area contributed by atoms with Crippen molar-refractivity contribution in [2.45, 2.75) is 33.4 Å². The number of carbonyl (C=O) groups excluding carboxylic acids is 1. The zero-order chi connectivity index (χ0) is 37.4. The van der Waals surface area contributed by atoms with E-state index in [1.54, 1.807) is 42.6 Å². The summed E-state index contributed by atoms with van der Waals surface area (Å²) in [6, 6.07) is 29.4. The van der Waals surface area contributed by atoms with E-state index >= 15 is 0 Å². The Morgan fingerprint density at radius 3 is 2.33 bits per heavy atom. The van der Waals surface area contributed by atoms with E-state index in [-0.39, 0.29) is 24.4 Å². The largest absolute Gasteiger partial charge is 0.487 e. The van der Waals surface area contributed by atoms with Gasteiger partial charge in [0.15, 0.2) is 11.3 Å². The highest BCUT2D eigenvalue weighted by atomic mass is 35.5. The number of aromatic nitrogens is 2. The van der Waals surface area contributed by atoms with Crippen LogP contribution in [0.25, 0.3) is 17.2 Å². The summed E-state index contributed by atoms with van der Waals surface area (Å²) in [5.41, 5.74) is 7.66. The molecular formula is C43H41Cl3N4O5. The summed E-state index contributed by atoms with van der Waals surface area (Å²) in [5, 5.41) is 1.03. The minimum atomic E-state index is -0.0224. The van der Waals surface area contributed by atoms with E-state index in [0.29, 0.717) is 64.8 Å². The molecule has 4 aromatic carbocycles. The Labute approximate surface area is 336 Å². The van der Waals surface area contributed by atoms with E-state index in [1.165, 1.54) is 16.7 Å². The van der Waals surface area contributed by atoms with Crippen molar-refractivity contribution < 1.29 is 23.4 Å². The fourth-order valence-corrected chi connectivity index (χ4v) is 6.59. The van der Waals surface area contributed by atoms with Crippen LogP contribution in [-0.2, 0) is 24.4 Å². The maximum Gasteiger partial charge on any atom is 0.394 e. The molecule has 55 heavy (non-hydrogen) atoms. The standard InChI is InChI=1S/C43H40Cl2N4O5.ClH/c1-29-3-5-33(6-4-29)28-52-36-13-15-40(46-26-36)54-42-30(2)23-34(24-37(42)45)11-16-41(50)49-20-18-48(19-21-49)27-32-9-7-31(8-10-32)17-22-51-43-47-38-14-12-35(44)25-39(38)53-43;/h3-16,23-26H,17-22,27-28H2,1-2H3;1H. The van der Waals surface area contributed by atoms with Gasteiger partial charge in [0.1, 0.15) is 17.9 Å². The van der Waals surface area contributed by atoms with Gasteiger partial charge in [-0.25, -0.2) is 4.98 Å². The number of benzene rings is 4. The molecule has 0 radical (unpaired) electrons. The smallest absolute Gasteiger partial charge is 0.394 e. The number of hydrogen-bond acceptors (Lipinski definition) is 8. The number of piperazine rings is 1. The number of amides is 1. The van der Waals surface area contributed by atoms with Crippen LogP contribution in [0.1, 0.15) is 33.4 Å². The summed E-state index contributed by atoms with van der Waals surface area (Å²) in [7, 11) is 0. The Morgan fingerprint density at radius 1 is 0.855 bits per heavy atom. The summed E-state index contributed by atoms with van der Waals surface area (Å²) >= 11 is 12.7. The SMILES string of the molecule is Cc1ccc(COc2ccc(Oc3c(C)cc(C=CC(=O)N4CCN(Cc5ccc(CCOc6nc7ccc(Cl)cc7o6)cc5)CC4)cc3Cl)nc2)cc1.Cl. The lowest BCUT2D eigenvalue weighted by molar-refractivity contribution is -0.127. The molecule has 1 saturated heterocycles. The van der Waals surface area contributed by atoms with E-state index < -0.39 is 0 Å². The van der Waals surface area contributed by atoms with Crippen molar-refractivity contribution in [3.05, 3.63) is 147 Å². The fraction of sp³-hybridized carbons (Fsp3) is 0.233. The van der Waals surface area contributed by atoms with Gasteiger partial charge >= 0.3 is 6.08 Å². The van der Waals surface area contributed by atoms with E-state index in [4.69, 9.17) is 41.8 Å². The molecule has 0 atom stereocenters. The molecule has 12 heteroatoms. The summed E-state index contributed by atoms with van der Waals surface area (Å²) in [4.78, 5) is 26.1. The van der Waals surface area contributed by atoms with Crippen LogP contribution in [0.3, 0.4) is 0 Å². The highest BCUT2D eigenvalue weighted by Gasteiger charge is 2.20. The van der Waals surface area contributed by atoms with Crippen molar-refractivity contribution in [1.82, 2.24) is 19.8 Å². The number of oxazole rings is 1. The third kappa shape index (κ3) is 10.8. The lowest BCUT2D eigenvalue weighted by Crippen LogP contribution is -2.47. The molecule has 3 heterocycles. The fourth-order valence-electron chi connectivity index (χ4n) is 6.12. The molecule has 9 nitrogen and oxygen atoms in total. The summed E-state index contributed by atoms with van der Waals surface area (Å²) in [6.45, 7) is 8.64. The average Bonchev–Trinajstić information content (AvgIpc) is 3.58. The molecule has 1 aliphatic heterocycles. The van der Waals surface area contributed by atoms with Crippen molar-refractivity contribution in [3.8, 4) is 23.5 Å². The molecular weight excluding hydrogens is 759 g/mol. The molecule has 1 aliphatic rings. The van der Waals surface area contributed by atoms with Crippen molar-refractivity contribution in [3.63, 3.8) is 0 Å². The maximum absolute atomic E-state index is 13.1. The third-order valence-corrected chi connectivity index (χ3v) is 9.69. The van der Waals surface area contributed by atoms with E-state index in [0.717, 1.165) is 42.7 Å². The maximum atomic E-state index is 13.1. The zero-order valence-electron chi connectivity index (χ0n) is 30.5. The van der Waals surface area contributed by atoms with Crippen LogP contribution < -0.4 is 14.2 Å². The van der Waals surface area contributed by atoms with Gasteiger partial charge in [0.2, 0.25) is 11.8 Å². The minimum absolute atomic E-state index is 0. The van der Waals surface area contributed by atoms with Gasteiger partial charge in [0.25, 0.3) is 0 Å². The number of hydrogen-bond donors (Lipinski definition) is 0. The zero-order valence-corrected chi connectivity index (χ0v) is 32.9. The molecule has 0 spiro atoms. The molecule has 0 aliphatic carbocycles. The lowest BCUT2D eigenvalue weighted by Gasteiger charge is -2.34. The van der Waals surface area contributed by atoms with Gasteiger partial charge in [-0.05, 0) is 78.1 Å². The van der Waals surface area contributed by atoms with Gasteiger partial charge in [-0.3, -0.25) is 9.69 Å². The Kier molecular flexibility index (Phi) is 13.3. The molecule has 1 amide bonds. The molecule has 0 N–H and O–H groups in total. The van der Waals surface area contributed by atoms with Gasteiger partial charge in [-0.1, -0.05) is 77.3 Å². The van der Waals surface area contributed by atoms with E-state index in [1.807, 2.05) is 42.2 Å². The van der Waals surface area contributed by atoms with Crippen LogP contribution >= 0.6 is 35.6 Å². The second kappa shape index (κ2) is 18.5. The van der Waals surface area contributed by atoms with Gasteiger partial charge in [-0.15, -0.1) is 12.4 Å². The van der Waals surface area contributed by atoms with Crippen LogP contribution in [0.15, 0.2) is 108 Å². The normalized spacial score (nSPS) is 13.2. The first-order valence-corrected chi connectivity index (χ1v) is 18.6. The molecule has 284 valence electrons. The van der Waals surface area contributed by atoms with Crippen LogP contribution in [0.5, 0.6) is 23.5 Å². The number of pyridine rings is 1. The van der Waals surface area contributed by atoms with Gasteiger partial charge in [0, 0.05) is 62.4 Å². The predicted octanol–water partition coefficient (Wildman–Crippen LogP) is 9.92. The Hall–Kier alpha value is -5.06. The topological polar surface area (TPSA) is 90.2 Å². The summed E-state index contributed by atoms with van der Waals surface area (Å²) in [6.07, 6.45) is 6.02. The van der Waals surface area contributed by atoms with Gasteiger partial charge in [-0.2, -0.15) is 4.98 Å². The number of ether oxygens (including phenoxy) is 3. The highest BCUT2D eigenvalue weighted by molar-refractivity contribution is 6.32. The first-order valence-electron chi connectivity index (χ1n) is 17.8. The lowest BCUT2D eigenvalue weighted by atomic mass is 10.1. The first kappa shape index (κ1) is 39.6. The van der Waals surface area contributed by atoms with Crippen LogP contribution in [0.2, 0.25) is 10.0 Å². The minimum Gasteiger partial charge on any atom is -0.487 e. The second-order valence-electron chi connectivity index (χ2n) is 13.3. The molecule has 2 aromatic heterocycles. The summed E-state index contributed by atoms with van der Waals surface area (Å²) < 4.78 is 23.2. The second-order valence-corrected chi connectivity index (χ2v) is 14.1. The molecule has 0 bridgehead atoms. The highest BCUT2D eigenvalue weighted by Crippen LogP contribution is 2.34. The Morgan fingerprint density at radius 2 is 1.60 bits per heavy atom. The van der Waals surface area contributed by atoms with Gasteiger partial charge < -0.3 is 23.5 Å². The van der Waals surface area contributed by atoms with Crippen LogP contribution in [-0.4, -0.2) is 58.5 Å². The molecule has 1 fully saturated rings. The Balaban J connectivity index is 0.00000514. The van der Waals surface area contributed by atoms with Gasteiger partial charge in [0.05, 0.1) is 17.8 Å². The number of nitrogens with zero attached hydrogens (tertiary/aromatic N) is 4. The van der Waals surface area contributed by atoms with E-state index in [9.17, 15) is 4.79 Å². The summed E-state index contributed by atoms with van der Waals surface area (Å²) in [5.74, 6) is 1.55. The van der Waals surface area contributed by atoms with Crippen molar-refractivity contribution in [1.29, 1.82) is 0 Å². The quantitative estimate of drug-likeness (QED) is 0.107. The number of halogens is 3. The third-order valence-electron chi connectivity index (χ3n) is 9.17. The monoisotopic (exact) mass is 798 g/mol. The predicted molar refractivity (Wildman–Crippen MR) is 219 cm³/mol. The van der Waals surface area contributed by atoms with E-state index in [2.05, 4.69) is 58.2 Å². The molecule has 0 unspecified atom stereocenters. The van der Waals surface area contributed by atoms with Crippen LogP contribution in [0.4, 0.5) is 0 Å². The van der Waals surface area contributed by atoms with Crippen LogP contribution in [0, 0.1) is 13.8 Å². The average molecular weight is 800 g/mol. The van der Waals surface area contributed by atoms with Crippen molar-refractivity contribution in [2.75, 3.05) is 32.8 Å². The van der Waals surface area contributed by atoms with Crippen molar-refractivity contribution >= 4 is 58.7 Å². The first-order chi connectivity index (χ1) is 26.2. The molecule has 7 rings (SSSR count). The molecule has 0 saturated carbocycles. The number of fused-ring (bicyclic) bond motifs is 1. The molecule has 6 aromatic rings.